The molecule has 1 N–H and O–H groups in total. The monoisotopic (exact) mass is 382 g/mol. The number of carbonyl (C=O) groups excluding carboxylic acids is 3. The fraction of sp³-hybridized carbons (Fsp3) is 0.529. The van der Waals surface area contributed by atoms with Gasteiger partial charge in [0.2, 0.25) is 0 Å². The van der Waals surface area contributed by atoms with Crippen molar-refractivity contribution in [3.63, 3.8) is 0 Å². The van der Waals surface area contributed by atoms with E-state index < -0.39 is 23.3 Å². The van der Waals surface area contributed by atoms with Gasteiger partial charge in [0.05, 0.1) is 6.54 Å². The molecule has 10 heteroatoms. The van der Waals surface area contributed by atoms with E-state index in [1.54, 1.807) is 7.05 Å². The number of alkyl halides is 2. The van der Waals surface area contributed by atoms with Gasteiger partial charge in [-0.1, -0.05) is 0 Å². The number of hydrogen-bond acceptors (Lipinski definition) is 5. The van der Waals surface area contributed by atoms with E-state index in [2.05, 4.69) is 10.3 Å². The van der Waals surface area contributed by atoms with E-state index in [1.807, 2.05) is 0 Å². The van der Waals surface area contributed by atoms with Crippen LogP contribution in [0.1, 0.15) is 25.3 Å². The van der Waals surface area contributed by atoms with Gasteiger partial charge in [0.15, 0.2) is 0 Å². The summed E-state index contributed by atoms with van der Waals surface area (Å²) in [6, 6.07) is 2.36. The molecule has 1 aromatic heterocycles. The Labute approximate surface area is 154 Å². The second-order valence-corrected chi connectivity index (χ2v) is 6.97. The minimum Gasteiger partial charge on any atom is -0.441 e. The van der Waals surface area contributed by atoms with Crippen LogP contribution >= 0.6 is 0 Å². The lowest BCUT2D eigenvalue weighted by molar-refractivity contribution is -0.145. The van der Waals surface area contributed by atoms with Crippen molar-refractivity contribution < 1.29 is 27.9 Å². The van der Waals surface area contributed by atoms with Gasteiger partial charge in [0, 0.05) is 51.7 Å². The van der Waals surface area contributed by atoms with Crippen molar-refractivity contribution in [3.8, 4) is 0 Å². The maximum absolute atomic E-state index is 13.2. The lowest BCUT2D eigenvalue weighted by Crippen LogP contribution is -2.51. The van der Waals surface area contributed by atoms with E-state index in [-0.39, 0.29) is 30.6 Å². The lowest BCUT2D eigenvalue weighted by atomic mass is 9.91. The number of carbonyl (C=O) groups is 3. The van der Waals surface area contributed by atoms with E-state index >= 15 is 0 Å². The molecule has 2 saturated heterocycles. The number of halogens is 2. The summed E-state index contributed by atoms with van der Waals surface area (Å²) in [6.07, 6.45) is 1.46. The number of amides is 3. The SMILES string of the molecule is CN1CC2(CCN(C(=O)C(=O)Nc3ccc(C(C)(F)F)cn3)CC2)OC1=O. The summed E-state index contributed by atoms with van der Waals surface area (Å²) in [5.41, 5.74) is -0.897. The quantitative estimate of drug-likeness (QED) is 0.784. The number of aromatic nitrogens is 1. The first-order valence-electron chi connectivity index (χ1n) is 8.48. The summed E-state index contributed by atoms with van der Waals surface area (Å²) in [5, 5.41) is 2.31. The second-order valence-electron chi connectivity index (χ2n) is 6.97. The number of likely N-dealkylation sites (tertiary alicyclic amines) is 1. The molecule has 0 radical (unpaired) electrons. The largest absolute Gasteiger partial charge is 0.441 e. The molecule has 3 amide bonds. The Bertz CT molecular complexity index is 755. The van der Waals surface area contributed by atoms with Crippen LogP contribution in [0.15, 0.2) is 18.3 Å². The minimum atomic E-state index is -3.03. The normalized spacial score (nSPS) is 19.2. The molecule has 8 nitrogen and oxygen atoms in total. The Balaban J connectivity index is 1.56. The number of rotatable bonds is 2. The predicted octanol–water partition coefficient (Wildman–Crippen LogP) is 1.57. The highest BCUT2D eigenvalue weighted by Crippen LogP contribution is 2.32. The van der Waals surface area contributed by atoms with Gasteiger partial charge >= 0.3 is 17.9 Å². The molecular weight excluding hydrogens is 362 g/mol. The van der Waals surface area contributed by atoms with Gasteiger partial charge in [-0.2, -0.15) is 0 Å². The topological polar surface area (TPSA) is 91.8 Å². The molecule has 3 heterocycles. The molecule has 1 spiro atoms. The average Bonchev–Trinajstić information content (AvgIpc) is 2.88. The molecule has 146 valence electrons. The van der Waals surface area contributed by atoms with Crippen LogP contribution in [0, 0.1) is 0 Å². The van der Waals surface area contributed by atoms with E-state index in [1.165, 1.54) is 15.9 Å². The highest BCUT2D eigenvalue weighted by molar-refractivity contribution is 6.39. The Morgan fingerprint density at radius 1 is 1.30 bits per heavy atom. The van der Waals surface area contributed by atoms with E-state index in [0.717, 1.165) is 19.2 Å². The first-order valence-corrected chi connectivity index (χ1v) is 8.48. The van der Waals surface area contributed by atoms with Crippen LogP contribution in [0.3, 0.4) is 0 Å². The zero-order valence-electron chi connectivity index (χ0n) is 15.0. The number of nitrogens with zero attached hydrogens (tertiary/aromatic N) is 3. The number of piperidine rings is 1. The van der Waals surface area contributed by atoms with Crippen LogP contribution in [0.4, 0.5) is 19.4 Å². The molecular formula is C17H20F2N4O4. The third-order valence-electron chi connectivity index (χ3n) is 4.81. The molecule has 0 saturated carbocycles. The maximum atomic E-state index is 13.2. The maximum Gasteiger partial charge on any atom is 0.410 e. The molecule has 0 unspecified atom stereocenters. The molecule has 2 aliphatic rings. The molecule has 1 aromatic rings. The molecule has 0 aromatic carbocycles. The van der Waals surface area contributed by atoms with Crippen LogP contribution in [-0.4, -0.2) is 65.0 Å². The van der Waals surface area contributed by atoms with Crippen molar-refractivity contribution in [1.29, 1.82) is 0 Å². The van der Waals surface area contributed by atoms with Crippen molar-refractivity contribution in [3.05, 3.63) is 23.9 Å². The molecule has 27 heavy (non-hydrogen) atoms. The summed E-state index contributed by atoms with van der Waals surface area (Å²) >= 11 is 0. The summed E-state index contributed by atoms with van der Waals surface area (Å²) in [4.78, 5) is 42.6. The first kappa shape index (κ1) is 19.0. The zero-order valence-corrected chi connectivity index (χ0v) is 15.0. The second kappa shape index (κ2) is 6.75. The third kappa shape index (κ3) is 3.99. The summed E-state index contributed by atoms with van der Waals surface area (Å²) in [6.45, 7) is 1.76. The van der Waals surface area contributed by atoms with Crippen molar-refractivity contribution in [2.75, 3.05) is 32.0 Å². The highest BCUT2D eigenvalue weighted by Gasteiger charge is 2.46. The van der Waals surface area contributed by atoms with Crippen molar-refractivity contribution in [1.82, 2.24) is 14.8 Å². The molecule has 0 atom stereocenters. The van der Waals surface area contributed by atoms with Gasteiger partial charge < -0.3 is 19.9 Å². The van der Waals surface area contributed by atoms with Gasteiger partial charge in [-0.25, -0.2) is 18.6 Å². The first-order chi connectivity index (χ1) is 12.6. The summed E-state index contributed by atoms with van der Waals surface area (Å²) < 4.78 is 31.7. The van der Waals surface area contributed by atoms with Gasteiger partial charge in [-0.15, -0.1) is 0 Å². The number of nitrogens with one attached hydrogen (secondary N) is 1. The fourth-order valence-corrected chi connectivity index (χ4v) is 3.21. The van der Waals surface area contributed by atoms with Crippen LogP contribution in [-0.2, 0) is 20.2 Å². The van der Waals surface area contributed by atoms with E-state index in [9.17, 15) is 23.2 Å². The Kier molecular flexibility index (Phi) is 4.75. The van der Waals surface area contributed by atoms with E-state index in [0.29, 0.717) is 19.4 Å². The zero-order chi connectivity index (χ0) is 19.8. The van der Waals surface area contributed by atoms with Crippen LogP contribution in [0.5, 0.6) is 0 Å². The van der Waals surface area contributed by atoms with Gasteiger partial charge in [-0.3, -0.25) is 9.59 Å². The summed E-state index contributed by atoms with van der Waals surface area (Å²) in [5.74, 6) is -4.65. The van der Waals surface area contributed by atoms with E-state index in [4.69, 9.17) is 4.74 Å². The van der Waals surface area contributed by atoms with Gasteiger partial charge in [0.25, 0.3) is 5.92 Å². The lowest BCUT2D eigenvalue weighted by Gasteiger charge is -2.36. The number of hydrogen-bond donors (Lipinski definition) is 1. The number of ether oxygens (including phenoxy) is 1. The fourth-order valence-electron chi connectivity index (χ4n) is 3.21. The van der Waals surface area contributed by atoms with Gasteiger partial charge in [-0.05, 0) is 12.1 Å². The van der Waals surface area contributed by atoms with Gasteiger partial charge in [0.1, 0.15) is 11.4 Å². The Morgan fingerprint density at radius 3 is 2.44 bits per heavy atom. The van der Waals surface area contributed by atoms with Crippen molar-refractivity contribution >= 4 is 23.7 Å². The number of anilines is 1. The smallest absolute Gasteiger partial charge is 0.410 e. The summed E-state index contributed by atoms with van der Waals surface area (Å²) in [7, 11) is 1.65. The van der Waals surface area contributed by atoms with Crippen molar-refractivity contribution in [2.24, 2.45) is 0 Å². The average molecular weight is 382 g/mol. The Morgan fingerprint density at radius 2 is 1.96 bits per heavy atom. The van der Waals surface area contributed by atoms with Crippen LogP contribution < -0.4 is 5.32 Å². The van der Waals surface area contributed by atoms with Crippen LogP contribution in [0.25, 0.3) is 0 Å². The number of pyridine rings is 1. The molecule has 3 rings (SSSR count). The Hall–Kier alpha value is -2.78. The molecule has 0 bridgehead atoms. The molecule has 0 aliphatic carbocycles. The standard InChI is InChI=1S/C17H20F2N4O4/c1-16(18,19)11-3-4-12(20-9-11)21-13(24)14(25)23-7-5-17(6-8-23)10-22(2)15(26)27-17/h3-4,9H,5-8,10H2,1-2H3,(H,20,21,24). The molecule has 2 aliphatic heterocycles. The van der Waals surface area contributed by atoms with Crippen LogP contribution in [0.2, 0.25) is 0 Å². The third-order valence-corrected chi connectivity index (χ3v) is 4.81. The van der Waals surface area contributed by atoms with Crippen molar-refractivity contribution in [2.45, 2.75) is 31.3 Å². The minimum absolute atomic E-state index is 0.0150. The highest BCUT2D eigenvalue weighted by atomic mass is 19.3. The number of likely N-dealkylation sites (N-methyl/N-ethyl adjacent to an activating group) is 1. The predicted molar refractivity (Wildman–Crippen MR) is 90.1 cm³/mol. The molecule has 2 fully saturated rings.